The van der Waals surface area contributed by atoms with E-state index in [9.17, 15) is 0 Å². The summed E-state index contributed by atoms with van der Waals surface area (Å²) < 4.78 is 10.9. The van der Waals surface area contributed by atoms with Crippen LogP contribution in [0.5, 0.6) is 0 Å². The molecule has 0 spiro atoms. The van der Waals surface area contributed by atoms with Crippen molar-refractivity contribution in [2.45, 2.75) is 25.7 Å². The lowest BCUT2D eigenvalue weighted by Crippen LogP contribution is -2.27. The molecule has 2 unspecified atom stereocenters. The van der Waals surface area contributed by atoms with Crippen molar-refractivity contribution >= 4 is 16.5 Å². The fourth-order valence-corrected chi connectivity index (χ4v) is 3.16. The molecule has 1 saturated heterocycles. The Morgan fingerprint density at radius 3 is 2.61 bits per heavy atom. The number of ether oxygens (including phenoxy) is 2. The highest BCUT2D eigenvalue weighted by atomic mass is 32.1. The molecule has 1 aliphatic heterocycles. The highest BCUT2D eigenvalue weighted by molar-refractivity contribution is 7.15. The van der Waals surface area contributed by atoms with E-state index >= 15 is 0 Å². The van der Waals surface area contributed by atoms with Gasteiger partial charge in [-0.05, 0) is 6.92 Å². The number of anilines is 1. The van der Waals surface area contributed by atoms with Crippen LogP contribution in [0.3, 0.4) is 0 Å². The lowest BCUT2D eigenvalue weighted by atomic mass is 10.3. The predicted octanol–water partition coefficient (Wildman–Crippen LogP) is 1.42. The first kappa shape index (κ1) is 13.7. The van der Waals surface area contributed by atoms with Crippen LogP contribution in [0.1, 0.15) is 11.8 Å². The Morgan fingerprint density at radius 2 is 2.06 bits per heavy atom. The second-order valence-electron chi connectivity index (χ2n) is 4.40. The molecule has 0 amide bonds. The highest BCUT2D eigenvalue weighted by Gasteiger charge is 2.32. The largest absolute Gasteiger partial charge is 0.377 e. The Bertz CT molecular complexity index is 360. The Kier molecular flexibility index (Phi) is 4.94. The summed E-state index contributed by atoms with van der Waals surface area (Å²) in [5.74, 6) is 0. The number of hydrogen-bond acceptors (Lipinski definition) is 6. The average Bonchev–Trinajstić information content (AvgIpc) is 2.97. The molecule has 0 saturated carbocycles. The van der Waals surface area contributed by atoms with Gasteiger partial charge in [0.1, 0.15) is 0 Å². The van der Waals surface area contributed by atoms with E-state index < -0.39 is 0 Å². The molecule has 1 N–H and O–H groups in total. The summed E-state index contributed by atoms with van der Waals surface area (Å²) in [5.41, 5.74) is 0. The molecule has 2 atom stereocenters. The minimum absolute atomic E-state index is 0.177. The predicted molar refractivity (Wildman–Crippen MR) is 73.1 cm³/mol. The van der Waals surface area contributed by atoms with Crippen LogP contribution in [0.25, 0.3) is 0 Å². The van der Waals surface area contributed by atoms with Crippen LogP contribution in [0.2, 0.25) is 0 Å². The molecule has 2 rings (SSSR count). The first-order valence-corrected chi connectivity index (χ1v) is 7.05. The van der Waals surface area contributed by atoms with E-state index in [2.05, 4.69) is 22.1 Å². The third kappa shape index (κ3) is 3.20. The Hall–Kier alpha value is -0.690. The standard InChI is InChI=1S/C12H21N3O2S/c1-4-13-12-14-5-9(18-12)6-15-7-10(16-2)11(8-15)17-3/h5,10-11H,4,6-8H2,1-3H3,(H,13,14). The van der Waals surface area contributed by atoms with Gasteiger partial charge in [0.05, 0.1) is 12.2 Å². The third-order valence-corrected chi connectivity index (χ3v) is 4.10. The monoisotopic (exact) mass is 271 g/mol. The normalized spacial score (nSPS) is 24.6. The zero-order valence-electron chi connectivity index (χ0n) is 11.2. The van der Waals surface area contributed by atoms with Crippen LogP contribution in [0.15, 0.2) is 6.20 Å². The highest BCUT2D eigenvalue weighted by Crippen LogP contribution is 2.23. The zero-order chi connectivity index (χ0) is 13.0. The zero-order valence-corrected chi connectivity index (χ0v) is 12.0. The van der Waals surface area contributed by atoms with Crippen molar-refractivity contribution in [1.29, 1.82) is 0 Å². The quantitative estimate of drug-likeness (QED) is 0.848. The van der Waals surface area contributed by atoms with Crippen LogP contribution in [-0.2, 0) is 16.0 Å². The summed E-state index contributed by atoms with van der Waals surface area (Å²) in [5, 5.41) is 4.23. The van der Waals surface area contributed by atoms with Crippen LogP contribution < -0.4 is 5.32 Å². The van der Waals surface area contributed by atoms with Crippen LogP contribution in [0, 0.1) is 0 Å². The van der Waals surface area contributed by atoms with E-state index in [0.717, 1.165) is 31.3 Å². The molecular weight excluding hydrogens is 250 g/mol. The summed E-state index contributed by atoms with van der Waals surface area (Å²) in [7, 11) is 3.49. The van der Waals surface area contributed by atoms with Crippen molar-refractivity contribution in [2.24, 2.45) is 0 Å². The molecule has 18 heavy (non-hydrogen) atoms. The van der Waals surface area contributed by atoms with E-state index in [0.29, 0.717) is 0 Å². The molecule has 1 aromatic rings. The maximum absolute atomic E-state index is 5.44. The molecule has 0 aliphatic carbocycles. The SMILES string of the molecule is CCNc1ncc(CN2CC(OC)C(OC)C2)s1. The lowest BCUT2D eigenvalue weighted by molar-refractivity contribution is -0.00461. The molecule has 1 aromatic heterocycles. The second kappa shape index (κ2) is 6.47. The molecule has 0 bridgehead atoms. The van der Waals surface area contributed by atoms with Gasteiger partial charge in [0.25, 0.3) is 0 Å². The Balaban J connectivity index is 1.89. The first-order valence-electron chi connectivity index (χ1n) is 6.23. The first-order chi connectivity index (χ1) is 8.76. The van der Waals surface area contributed by atoms with Crippen molar-refractivity contribution < 1.29 is 9.47 Å². The molecule has 1 fully saturated rings. The van der Waals surface area contributed by atoms with E-state index in [1.165, 1.54) is 4.88 Å². The van der Waals surface area contributed by atoms with Crippen LogP contribution in [0.4, 0.5) is 5.13 Å². The molecule has 6 heteroatoms. The van der Waals surface area contributed by atoms with Crippen molar-refractivity contribution in [3.8, 4) is 0 Å². The number of hydrogen-bond donors (Lipinski definition) is 1. The maximum atomic E-state index is 5.44. The van der Waals surface area contributed by atoms with Gasteiger partial charge in [-0.25, -0.2) is 4.98 Å². The van der Waals surface area contributed by atoms with Crippen molar-refractivity contribution in [3.05, 3.63) is 11.1 Å². The second-order valence-corrected chi connectivity index (χ2v) is 5.52. The van der Waals surface area contributed by atoms with Gasteiger partial charge in [-0.2, -0.15) is 0 Å². The third-order valence-electron chi connectivity index (χ3n) is 3.16. The summed E-state index contributed by atoms with van der Waals surface area (Å²) in [6, 6.07) is 0. The van der Waals surface area contributed by atoms with Gasteiger partial charge < -0.3 is 14.8 Å². The molecule has 2 heterocycles. The fourth-order valence-electron chi connectivity index (χ4n) is 2.23. The minimum atomic E-state index is 0.177. The van der Waals surface area contributed by atoms with Gasteiger partial charge in [-0.15, -0.1) is 11.3 Å². The molecule has 102 valence electrons. The molecule has 1 aliphatic rings. The summed E-state index contributed by atoms with van der Waals surface area (Å²) in [4.78, 5) is 7.97. The number of rotatable bonds is 6. The Morgan fingerprint density at radius 1 is 1.39 bits per heavy atom. The topological polar surface area (TPSA) is 46.6 Å². The van der Waals surface area contributed by atoms with E-state index in [1.54, 1.807) is 25.6 Å². The van der Waals surface area contributed by atoms with Gasteiger partial charge in [-0.1, -0.05) is 0 Å². The van der Waals surface area contributed by atoms with Crippen molar-refractivity contribution in [1.82, 2.24) is 9.88 Å². The van der Waals surface area contributed by atoms with E-state index in [-0.39, 0.29) is 12.2 Å². The average molecular weight is 271 g/mol. The maximum Gasteiger partial charge on any atom is 0.182 e. The molecular formula is C12H21N3O2S. The number of methoxy groups -OCH3 is 2. The van der Waals surface area contributed by atoms with Crippen LogP contribution in [-0.4, -0.2) is 55.9 Å². The number of likely N-dealkylation sites (tertiary alicyclic amines) is 1. The summed E-state index contributed by atoms with van der Waals surface area (Å²) >= 11 is 1.72. The van der Waals surface area contributed by atoms with Gasteiger partial charge in [0, 0.05) is 51.5 Å². The van der Waals surface area contributed by atoms with Crippen LogP contribution >= 0.6 is 11.3 Å². The van der Waals surface area contributed by atoms with Gasteiger partial charge in [0.15, 0.2) is 5.13 Å². The van der Waals surface area contributed by atoms with Gasteiger partial charge in [0.2, 0.25) is 0 Å². The number of aromatic nitrogens is 1. The minimum Gasteiger partial charge on any atom is -0.377 e. The van der Waals surface area contributed by atoms with E-state index in [1.807, 2.05) is 6.20 Å². The number of nitrogens with zero attached hydrogens (tertiary/aromatic N) is 2. The molecule has 0 radical (unpaired) electrons. The van der Waals surface area contributed by atoms with Gasteiger partial charge in [-0.3, -0.25) is 4.90 Å². The van der Waals surface area contributed by atoms with E-state index in [4.69, 9.17) is 9.47 Å². The summed E-state index contributed by atoms with van der Waals surface area (Å²) in [6.07, 6.45) is 2.30. The fraction of sp³-hybridized carbons (Fsp3) is 0.750. The number of nitrogens with one attached hydrogen (secondary N) is 1. The Labute approximate surface area is 112 Å². The van der Waals surface area contributed by atoms with Crippen molar-refractivity contribution in [2.75, 3.05) is 39.2 Å². The number of thiazole rings is 1. The smallest absolute Gasteiger partial charge is 0.182 e. The van der Waals surface area contributed by atoms with Gasteiger partial charge >= 0.3 is 0 Å². The molecule has 5 nitrogen and oxygen atoms in total. The summed E-state index contributed by atoms with van der Waals surface area (Å²) in [6.45, 7) is 5.75. The van der Waals surface area contributed by atoms with Crippen molar-refractivity contribution in [3.63, 3.8) is 0 Å². The molecule has 0 aromatic carbocycles. The lowest BCUT2D eigenvalue weighted by Gasteiger charge is -2.13.